The van der Waals surface area contributed by atoms with E-state index in [1.165, 1.54) is 12.1 Å². The topological polar surface area (TPSA) is 42.0 Å². The van der Waals surface area contributed by atoms with Gasteiger partial charge in [-0.2, -0.15) is 0 Å². The number of pyridine rings is 1. The van der Waals surface area contributed by atoms with Crippen LogP contribution >= 0.6 is 0 Å². The van der Waals surface area contributed by atoms with Crippen LogP contribution in [0.5, 0.6) is 0 Å². The van der Waals surface area contributed by atoms with Crippen LogP contribution in [0.4, 0.5) is 10.1 Å². The number of anilines is 1. The third-order valence-corrected chi connectivity index (χ3v) is 2.49. The SMILES string of the molecule is O=C(CCc1cccc(F)c1)Nc1ccncc1. The molecule has 1 aromatic carbocycles. The average Bonchev–Trinajstić information content (AvgIpc) is 2.38. The number of aromatic nitrogens is 1. The number of amides is 1. The first kappa shape index (κ1) is 12.2. The molecule has 1 heterocycles. The van der Waals surface area contributed by atoms with Crippen molar-refractivity contribution in [3.8, 4) is 0 Å². The molecule has 4 heteroatoms. The molecule has 92 valence electrons. The van der Waals surface area contributed by atoms with Crippen LogP contribution < -0.4 is 5.32 Å². The van der Waals surface area contributed by atoms with Gasteiger partial charge in [0.25, 0.3) is 0 Å². The third-order valence-electron chi connectivity index (χ3n) is 2.49. The van der Waals surface area contributed by atoms with Crippen LogP contribution in [0.2, 0.25) is 0 Å². The second-order valence-corrected chi connectivity index (χ2v) is 3.91. The molecule has 18 heavy (non-hydrogen) atoms. The molecule has 1 amide bonds. The van der Waals surface area contributed by atoms with Crippen LogP contribution in [0.3, 0.4) is 0 Å². The van der Waals surface area contributed by atoms with E-state index < -0.39 is 0 Å². The minimum Gasteiger partial charge on any atom is -0.326 e. The van der Waals surface area contributed by atoms with Gasteiger partial charge >= 0.3 is 0 Å². The fourth-order valence-corrected chi connectivity index (χ4v) is 1.61. The van der Waals surface area contributed by atoms with Crippen LogP contribution in [0, 0.1) is 5.82 Å². The van der Waals surface area contributed by atoms with Gasteiger partial charge in [-0.3, -0.25) is 9.78 Å². The Labute approximate surface area is 105 Å². The first-order valence-electron chi connectivity index (χ1n) is 5.68. The van der Waals surface area contributed by atoms with Crippen molar-refractivity contribution in [1.82, 2.24) is 4.98 Å². The summed E-state index contributed by atoms with van der Waals surface area (Å²) >= 11 is 0. The quantitative estimate of drug-likeness (QED) is 0.898. The first-order chi connectivity index (χ1) is 8.74. The average molecular weight is 244 g/mol. The summed E-state index contributed by atoms with van der Waals surface area (Å²) in [6, 6.07) is 9.73. The van der Waals surface area contributed by atoms with Crippen LogP contribution in [-0.4, -0.2) is 10.9 Å². The van der Waals surface area contributed by atoms with Crippen molar-refractivity contribution in [2.24, 2.45) is 0 Å². The molecule has 0 aliphatic carbocycles. The highest BCUT2D eigenvalue weighted by molar-refractivity contribution is 5.90. The summed E-state index contributed by atoms with van der Waals surface area (Å²) in [5.41, 5.74) is 1.54. The maximum absolute atomic E-state index is 12.9. The van der Waals surface area contributed by atoms with Gasteiger partial charge in [0.2, 0.25) is 5.91 Å². The summed E-state index contributed by atoms with van der Waals surface area (Å²) < 4.78 is 12.9. The maximum Gasteiger partial charge on any atom is 0.224 e. The standard InChI is InChI=1S/C14H13FN2O/c15-12-3-1-2-11(10-12)4-5-14(18)17-13-6-8-16-9-7-13/h1-3,6-10H,4-5H2,(H,16,17,18). The lowest BCUT2D eigenvalue weighted by molar-refractivity contribution is -0.116. The summed E-state index contributed by atoms with van der Waals surface area (Å²) in [4.78, 5) is 15.5. The number of halogens is 1. The van der Waals surface area contributed by atoms with Crippen molar-refractivity contribution in [2.45, 2.75) is 12.8 Å². The Morgan fingerprint density at radius 1 is 1.22 bits per heavy atom. The fourth-order valence-electron chi connectivity index (χ4n) is 1.61. The van der Waals surface area contributed by atoms with E-state index in [-0.39, 0.29) is 11.7 Å². The molecule has 1 aromatic heterocycles. The molecular weight excluding hydrogens is 231 g/mol. The van der Waals surface area contributed by atoms with E-state index in [9.17, 15) is 9.18 Å². The van der Waals surface area contributed by atoms with E-state index in [0.29, 0.717) is 18.5 Å². The number of nitrogens with one attached hydrogen (secondary N) is 1. The number of hydrogen-bond acceptors (Lipinski definition) is 2. The van der Waals surface area contributed by atoms with Gasteiger partial charge in [-0.1, -0.05) is 12.1 Å². The number of hydrogen-bond donors (Lipinski definition) is 1. The van der Waals surface area contributed by atoms with Crippen LogP contribution in [0.25, 0.3) is 0 Å². The molecule has 0 bridgehead atoms. The lowest BCUT2D eigenvalue weighted by atomic mass is 10.1. The van der Waals surface area contributed by atoms with Crippen LogP contribution in [0.1, 0.15) is 12.0 Å². The predicted molar refractivity (Wildman–Crippen MR) is 67.6 cm³/mol. The molecule has 3 nitrogen and oxygen atoms in total. The molecule has 0 aliphatic heterocycles. The Kier molecular flexibility index (Phi) is 4.02. The number of carbonyl (C=O) groups excluding carboxylic acids is 1. The summed E-state index contributed by atoms with van der Waals surface area (Å²) in [6.45, 7) is 0. The minimum atomic E-state index is -0.276. The fraction of sp³-hybridized carbons (Fsp3) is 0.143. The second-order valence-electron chi connectivity index (χ2n) is 3.91. The lowest BCUT2D eigenvalue weighted by Crippen LogP contribution is -2.12. The number of carbonyl (C=O) groups is 1. The molecule has 0 radical (unpaired) electrons. The van der Waals surface area contributed by atoms with Crippen LogP contribution in [0.15, 0.2) is 48.8 Å². The van der Waals surface area contributed by atoms with Gasteiger partial charge in [0.05, 0.1) is 0 Å². The summed E-state index contributed by atoms with van der Waals surface area (Å²) in [5, 5.41) is 2.75. The van der Waals surface area contributed by atoms with Gasteiger partial charge < -0.3 is 5.32 Å². The molecule has 0 unspecified atom stereocenters. The number of aryl methyl sites for hydroxylation is 1. The van der Waals surface area contributed by atoms with Crippen molar-refractivity contribution in [2.75, 3.05) is 5.32 Å². The van der Waals surface area contributed by atoms with Crippen molar-refractivity contribution in [3.63, 3.8) is 0 Å². The van der Waals surface area contributed by atoms with Gasteiger partial charge in [-0.15, -0.1) is 0 Å². The molecule has 0 fully saturated rings. The van der Waals surface area contributed by atoms with E-state index in [2.05, 4.69) is 10.3 Å². The maximum atomic E-state index is 12.9. The molecule has 1 N–H and O–H groups in total. The Morgan fingerprint density at radius 2 is 2.00 bits per heavy atom. The molecular formula is C14H13FN2O. The molecule has 0 aliphatic rings. The molecule has 0 saturated heterocycles. The number of benzene rings is 1. The number of rotatable bonds is 4. The zero-order valence-corrected chi connectivity index (χ0v) is 9.77. The molecule has 0 atom stereocenters. The van der Waals surface area contributed by atoms with Gasteiger partial charge in [-0.25, -0.2) is 4.39 Å². The van der Waals surface area contributed by atoms with E-state index in [4.69, 9.17) is 0 Å². The van der Waals surface area contributed by atoms with E-state index in [1.54, 1.807) is 30.6 Å². The zero-order chi connectivity index (χ0) is 12.8. The van der Waals surface area contributed by atoms with Gasteiger partial charge in [0.15, 0.2) is 0 Å². The normalized spacial score (nSPS) is 10.1. The Hall–Kier alpha value is -2.23. The van der Waals surface area contributed by atoms with E-state index >= 15 is 0 Å². The van der Waals surface area contributed by atoms with Gasteiger partial charge in [0, 0.05) is 24.5 Å². The highest BCUT2D eigenvalue weighted by Crippen LogP contribution is 2.08. The molecule has 0 saturated carbocycles. The molecule has 2 rings (SSSR count). The first-order valence-corrected chi connectivity index (χ1v) is 5.68. The number of nitrogens with zero attached hydrogens (tertiary/aromatic N) is 1. The molecule has 2 aromatic rings. The second kappa shape index (κ2) is 5.91. The smallest absolute Gasteiger partial charge is 0.224 e. The van der Waals surface area contributed by atoms with E-state index in [0.717, 1.165) is 5.56 Å². The third kappa shape index (κ3) is 3.66. The van der Waals surface area contributed by atoms with Crippen molar-refractivity contribution < 1.29 is 9.18 Å². The summed E-state index contributed by atoms with van der Waals surface area (Å²) in [7, 11) is 0. The Morgan fingerprint density at radius 3 is 2.72 bits per heavy atom. The summed E-state index contributed by atoms with van der Waals surface area (Å²) in [5.74, 6) is -0.368. The molecule has 0 spiro atoms. The highest BCUT2D eigenvalue weighted by Gasteiger charge is 2.03. The lowest BCUT2D eigenvalue weighted by Gasteiger charge is -2.04. The highest BCUT2D eigenvalue weighted by atomic mass is 19.1. The Bertz CT molecular complexity index is 528. The largest absolute Gasteiger partial charge is 0.326 e. The van der Waals surface area contributed by atoms with Gasteiger partial charge in [-0.05, 0) is 36.2 Å². The monoisotopic (exact) mass is 244 g/mol. The van der Waals surface area contributed by atoms with Gasteiger partial charge in [0.1, 0.15) is 5.82 Å². The predicted octanol–water partition coefficient (Wildman–Crippen LogP) is 2.79. The van der Waals surface area contributed by atoms with E-state index in [1.807, 2.05) is 6.07 Å². The van der Waals surface area contributed by atoms with Crippen molar-refractivity contribution in [1.29, 1.82) is 0 Å². The summed E-state index contributed by atoms with van der Waals surface area (Å²) in [6.07, 6.45) is 4.07. The minimum absolute atomic E-state index is 0.0922. The zero-order valence-electron chi connectivity index (χ0n) is 9.77. The van der Waals surface area contributed by atoms with Crippen molar-refractivity contribution in [3.05, 3.63) is 60.2 Å². The Balaban J connectivity index is 1.85. The van der Waals surface area contributed by atoms with Crippen LogP contribution in [-0.2, 0) is 11.2 Å². The van der Waals surface area contributed by atoms with Crippen molar-refractivity contribution >= 4 is 11.6 Å².